The van der Waals surface area contributed by atoms with Crippen LogP contribution in [0.15, 0.2) is 52.8 Å². The third-order valence-electron chi connectivity index (χ3n) is 5.03. The predicted octanol–water partition coefficient (Wildman–Crippen LogP) is 3.30. The molecule has 13 heteroatoms. The molecule has 0 aromatic heterocycles. The van der Waals surface area contributed by atoms with Crippen LogP contribution < -0.4 is 15.0 Å². The minimum Gasteiger partial charge on any atom is -0.495 e. The molecule has 2 heterocycles. The first-order valence-corrected chi connectivity index (χ1v) is 9.84. The number of fused-ring (bicyclic) bond motifs is 1. The molecular formula is C20H15ClF3N5O4. The molecule has 0 saturated carbocycles. The molecule has 2 aliphatic heterocycles. The number of benzene rings is 2. The molecule has 0 bridgehead atoms. The van der Waals surface area contributed by atoms with Crippen molar-refractivity contribution < 1.29 is 32.3 Å². The van der Waals surface area contributed by atoms with Gasteiger partial charge in [0.2, 0.25) is 5.91 Å². The van der Waals surface area contributed by atoms with Crippen LogP contribution in [-0.2, 0) is 20.6 Å². The maximum Gasteiger partial charge on any atom is 0.416 e. The van der Waals surface area contributed by atoms with Crippen molar-refractivity contribution in [3.05, 3.63) is 53.1 Å². The number of hydrogen-bond donors (Lipinski definition) is 1. The highest BCUT2D eigenvalue weighted by molar-refractivity contribution is 6.33. The quantitative estimate of drug-likeness (QED) is 0.660. The first kappa shape index (κ1) is 22.5. The Morgan fingerprint density at radius 3 is 2.61 bits per heavy atom. The van der Waals surface area contributed by atoms with Gasteiger partial charge in [0.1, 0.15) is 12.3 Å². The van der Waals surface area contributed by atoms with E-state index in [-0.39, 0.29) is 16.4 Å². The smallest absolute Gasteiger partial charge is 0.416 e. The van der Waals surface area contributed by atoms with Crippen molar-refractivity contribution >= 4 is 40.7 Å². The van der Waals surface area contributed by atoms with Crippen LogP contribution in [0.5, 0.6) is 5.75 Å². The van der Waals surface area contributed by atoms with Gasteiger partial charge in [-0.1, -0.05) is 22.9 Å². The summed E-state index contributed by atoms with van der Waals surface area (Å²) in [5.74, 6) is -1.69. The average Bonchev–Trinajstić information content (AvgIpc) is 3.27. The van der Waals surface area contributed by atoms with E-state index in [9.17, 15) is 27.6 Å². The molecule has 0 radical (unpaired) electrons. The van der Waals surface area contributed by atoms with Crippen LogP contribution in [0.2, 0.25) is 5.02 Å². The number of imide groups is 1. The van der Waals surface area contributed by atoms with Crippen LogP contribution in [0.4, 0.5) is 24.5 Å². The van der Waals surface area contributed by atoms with E-state index in [1.807, 2.05) is 0 Å². The van der Waals surface area contributed by atoms with Gasteiger partial charge in [0, 0.05) is 5.69 Å². The lowest BCUT2D eigenvalue weighted by Gasteiger charge is -2.20. The van der Waals surface area contributed by atoms with Crippen LogP contribution in [0.1, 0.15) is 5.56 Å². The van der Waals surface area contributed by atoms with Gasteiger partial charge in [-0.25, -0.2) is 4.90 Å². The summed E-state index contributed by atoms with van der Waals surface area (Å²) in [4.78, 5) is 39.0. The highest BCUT2D eigenvalue weighted by Crippen LogP contribution is 2.35. The molecule has 0 spiro atoms. The Kier molecular flexibility index (Phi) is 5.70. The summed E-state index contributed by atoms with van der Waals surface area (Å²) in [7, 11) is 1.42. The molecule has 0 unspecified atom stereocenters. The molecule has 3 amide bonds. The van der Waals surface area contributed by atoms with Gasteiger partial charge in [-0.05, 0) is 36.4 Å². The van der Waals surface area contributed by atoms with E-state index in [0.717, 1.165) is 28.1 Å². The normalized spacial score (nSPS) is 19.8. The van der Waals surface area contributed by atoms with Crippen molar-refractivity contribution in [3.63, 3.8) is 0 Å². The zero-order chi connectivity index (χ0) is 23.9. The van der Waals surface area contributed by atoms with Gasteiger partial charge >= 0.3 is 6.18 Å². The van der Waals surface area contributed by atoms with E-state index in [2.05, 4.69) is 15.7 Å². The molecule has 33 heavy (non-hydrogen) atoms. The lowest BCUT2D eigenvalue weighted by atomic mass is 10.1. The summed E-state index contributed by atoms with van der Waals surface area (Å²) >= 11 is 6.09. The van der Waals surface area contributed by atoms with Crippen molar-refractivity contribution in [1.29, 1.82) is 0 Å². The maximum atomic E-state index is 13.0. The second-order valence-corrected chi connectivity index (χ2v) is 7.56. The molecule has 4 rings (SSSR count). The van der Waals surface area contributed by atoms with E-state index in [4.69, 9.17) is 16.3 Å². The Labute approximate surface area is 189 Å². The average molecular weight is 482 g/mol. The lowest BCUT2D eigenvalue weighted by molar-refractivity contribution is -0.137. The van der Waals surface area contributed by atoms with Crippen LogP contribution in [0, 0.1) is 0 Å². The number of hydrogen-bond acceptors (Lipinski definition) is 7. The fourth-order valence-corrected chi connectivity index (χ4v) is 3.78. The maximum absolute atomic E-state index is 13.0. The SMILES string of the molecule is COc1ccc(N2C(=O)[C@@H]3N=NN(CC(=O)Nc4cccc(C(F)(F)F)c4)[C@H]3C2=O)cc1Cl. The molecule has 2 aromatic rings. The summed E-state index contributed by atoms with van der Waals surface area (Å²) in [5.41, 5.74) is -0.800. The fraction of sp³-hybridized carbons (Fsp3) is 0.250. The van der Waals surface area contributed by atoms with E-state index < -0.39 is 48.1 Å². The standard InChI is InChI=1S/C20H15ClF3N5O4/c1-33-14-6-5-12(8-13(14)21)29-18(31)16-17(19(29)32)28(27-26-16)9-15(30)25-11-4-2-3-10(7-11)20(22,23)24/h2-8,16-17H,9H2,1H3,(H,25,30)/t16-,17-/m1/s1. The summed E-state index contributed by atoms with van der Waals surface area (Å²) in [6.07, 6.45) is -4.57. The molecule has 9 nitrogen and oxygen atoms in total. The number of ether oxygens (including phenoxy) is 1. The number of anilines is 2. The van der Waals surface area contributed by atoms with Crippen molar-refractivity contribution in [3.8, 4) is 5.75 Å². The topological polar surface area (TPSA) is 104 Å². The van der Waals surface area contributed by atoms with Gasteiger partial charge < -0.3 is 10.1 Å². The van der Waals surface area contributed by atoms with Crippen molar-refractivity contribution in [2.75, 3.05) is 23.9 Å². The van der Waals surface area contributed by atoms with Crippen molar-refractivity contribution in [2.24, 2.45) is 10.3 Å². The number of carbonyl (C=O) groups excluding carboxylic acids is 3. The zero-order valence-corrected chi connectivity index (χ0v) is 17.6. The number of nitrogens with zero attached hydrogens (tertiary/aromatic N) is 4. The highest BCUT2D eigenvalue weighted by Gasteiger charge is 2.55. The summed E-state index contributed by atoms with van der Waals surface area (Å²) in [5, 5.41) is 11.1. The van der Waals surface area contributed by atoms with E-state index in [0.29, 0.717) is 5.75 Å². The minimum atomic E-state index is -4.57. The van der Waals surface area contributed by atoms with Gasteiger partial charge in [-0.15, -0.1) is 0 Å². The summed E-state index contributed by atoms with van der Waals surface area (Å²) in [6, 6.07) is 6.15. The third kappa shape index (κ3) is 4.21. The molecule has 1 saturated heterocycles. The summed E-state index contributed by atoms with van der Waals surface area (Å²) < 4.78 is 43.7. The van der Waals surface area contributed by atoms with E-state index in [1.165, 1.54) is 31.4 Å². The van der Waals surface area contributed by atoms with Gasteiger partial charge in [-0.3, -0.25) is 19.4 Å². The van der Waals surface area contributed by atoms with Gasteiger partial charge in [-0.2, -0.15) is 18.3 Å². The molecule has 172 valence electrons. The van der Waals surface area contributed by atoms with Crippen LogP contribution >= 0.6 is 11.6 Å². The molecule has 1 fully saturated rings. The van der Waals surface area contributed by atoms with Crippen LogP contribution in [0.3, 0.4) is 0 Å². The second-order valence-electron chi connectivity index (χ2n) is 7.15. The number of halogens is 4. The van der Waals surface area contributed by atoms with Crippen molar-refractivity contribution in [2.45, 2.75) is 18.3 Å². The number of amides is 3. The fourth-order valence-electron chi connectivity index (χ4n) is 3.52. The third-order valence-corrected chi connectivity index (χ3v) is 5.33. The molecule has 1 N–H and O–H groups in total. The first-order chi connectivity index (χ1) is 15.6. The molecule has 2 atom stereocenters. The Balaban J connectivity index is 1.48. The highest BCUT2D eigenvalue weighted by atomic mass is 35.5. The molecular weight excluding hydrogens is 467 g/mol. The number of alkyl halides is 3. The Bertz CT molecular complexity index is 1170. The van der Waals surface area contributed by atoms with Gasteiger partial charge in [0.05, 0.1) is 23.4 Å². The Morgan fingerprint density at radius 2 is 1.94 bits per heavy atom. The molecule has 2 aromatic carbocycles. The zero-order valence-electron chi connectivity index (χ0n) is 16.8. The van der Waals surface area contributed by atoms with Crippen molar-refractivity contribution in [1.82, 2.24) is 5.01 Å². The van der Waals surface area contributed by atoms with Gasteiger partial charge in [0.15, 0.2) is 12.1 Å². The molecule has 2 aliphatic rings. The van der Waals surface area contributed by atoms with E-state index >= 15 is 0 Å². The van der Waals surface area contributed by atoms with Gasteiger partial charge in [0.25, 0.3) is 11.8 Å². The van der Waals surface area contributed by atoms with Crippen LogP contribution in [-0.4, -0.2) is 48.5 Å². The minimum absolute atomic E-state index is 0.0779. The van der Waals surface area contributed by atoms with E-state index in [1.54, 1.807) is 0 Å². The monoisotopic (exact) mass is 481 g/mol. The Morgan fingerprint density at radius 1 is 1.18 bits per heavy atom. The predicted molar refractivity (Wildman–Crippen MR) is 110 cm³/mol. The summed E-state index contributed by atoms with van der Waals surface area (Å²) in [6.45, 7) is -0.503. The largest absolute Gasteiger partial charge is 0.495 e. The number of methoxy groups -OCH3 is 1. The first-order valence-electron chi connectivity index (χ1n) is 9.46. The molecule has 0 aliphatic carbocycles. The lowest BCUT2D eigenvalue weighted by Crippen LogP contribution is -2.43. The number of rotatable bonds is 5. The Hall–Kier alpha value is -3.67. The van der Waals surface area contributed by atoms with Crippen LogP contribution in [0.25, 0.3) is 0 Å². The number of carbonyl (C=O) groups is 3. The number of nitrogens with one attached hydrogen (secondary N) is 1. The second kappa shape index (κ2) is 8.35.